The molecule has 2 aromatic carbocycles. The zero-order valence-electron chi connectivity index (χ0n) is 23.1. The van der Waals surface area contributed by atoms with E-state index in [4.69, 9.17) is 4.74 Å². The Morgan fingerprint density at radius 1 is 1.18 bits per heavy atom. The molecule has 40 heavy (non-hydrogen) atoms. The molecule has 0 N–H and O–H groups in total. The first-order valence-corrected chi connectivity index (χ1v) is 13.8. The number of piperidine rings is 1. The van der Waals surface area contributed by atoms with Gasteiger partial charge in [-0.25, -0.2) is 13.6 Å². The molecule has 2 aromatic rings. The lowest BCUT2D eigenvalue weighted by Gasteiger charge is -2.52. The van der Waals surface area contributed by atoms with Crippen molar-refractivity contribution in [1.82, 2.24) is 14.7 Å². The Morgan fingerprint density at radius 2 is 1.95 bits per heavy atom. The second-order valence-electron chi connectivity index (χ2n) is 11.5. The minimum atomic E-state index is -4.63. The van der Waals surface area contributed by atoms with Crippen LogP contribution in [0.25, 0.3) is 0 Å². The summed E-state index contributed by atoms with van der Waals surface area (Å²) in [5.74, 6) is -0.349. The standard InChI is InChI=1S/C30H36F5N3O2/c1-19-12-24(32)4-5-26(19)27-16-29(7-6-25-18-40-11-10-38(25)29)8-9-37(27)28(39)36(3)20(2)22-13-21(17-31)14-23(15-22)30(33,34)35/h4-5,12-15,20,25,27H,6-11,16-18H2,1-3H3/t20-,25+,27-,29+/m1/s1. The summed E-state index contributed by atoms with van der Waals surface area (Å²) in [5, 5.41) is 0. The molecule has 2 amide bonds. The molecule has 10 heteroatoms. The third-order valence-corrected chi connectivity index (χ3v) is 9.25. The lowest BCUT2D eigenvalue weighted by molar-refractivity contribution is -0.137. The van der Waals surface area contributed by atoms with Crippen molar-refractivity contribution in [3.05, 3.63) is 70.0 Å². The number of carbonyl (C=O) groups excluding carboxylic acids is 1. The quantitative estimate of drug-likeness (QED) is 0.383. The average molecular weight is 566 g/mol. The molecule has 0 unspecified atom stereocenters. The molecule has 3 fully saturated rings. The van der Waals surface area contributed by atoms with Gasteiger partial charge in [0, 0.05) is 31.7 Å². The first kappa shape index (κ1) is 28.8. The van der Waals surface area contributed by atoms with E-state index in [0.29, 0.717) is 32.2 Å². The first-order chi connectivity index (χ1) is 18.9. The van der Waals surface area contributed by atoms with Gasteiger partial charge >= 0.3 is 12.2 Å². The van der Waals surface area contributed by atoms with Crippen LogP contribution >= 0.6 is 0 Å². The number of urea groups is 1. The molecule has 0 aliphatic carbocycles. The predicted octanol–water partition coefficient (Wildman–Crippen LogP) is 6.81. The van der Waals surface area contributed by atoms with E-state index in [1.807, 2.05) is 6.92 Å². The van der Waals surface area contributed by atoms with Gasteiger partial charge in [0.05, 0.1) is 30.9 Å². The molecule has 1 spiro atoms. The maximum Gasteiger partial charge on any atom is 0.416 e. The normalized spacial score (nSPS) is 26.1. The number of carbonyl (C=O) groups is 1. The number of aryl methyl sites for hydroxylation is 1. The van der Waals surface area contributed by atoms with Crippen LogP contribution in [0.1, 0.15) is 72.5 Å². The van der Waals surface area contributed by atoms with Crippen molar-refractivity contribution in [2.45, 2.75) is 76.0 Å². The van der Waals surface area contributed by atoms with E-state index in [0.717, 1.165) is 49.1 Å². The fraction of sp³-hybridized carbons (Fsp3) is 0.567. The van der Waals surface area contributed by atoms with Gasteiger partial charge in [-0.3, -0.25) is 4.90 Å². The van der Waals surface area contributed by atoms with Crippen LogP contribution in [0.2, 0.25) is 0 Å². The molecular weight excluding hydrogens is 529 g/mol. The van der Waals surface area contributed by atoms with Crippen LogP contribution in [-0.4, -0.2) is 65.7 Å². The predicted molar refractivity (Wildman–Crippen MR) is 141 cm³/mol. The van der Waals surface area contributed by atoms with E-state index < -0.39 is 24.5 Å². The topological polar surface area (TPSA) is 36.0 Å². The Balaban J connectivity index is 1.46. The summed E-state index contributed by atoms with van der Waals surface area (Å²) in [4.78, 5) is 19.8. The molecule has 3 heterocycles. The summed E-state index contributed by atoms with van der Waals surface area (Å²) in [6.45, 7) is 5.10. The fourth-order valence-corrected chi connectivity index (χ4v) is 6.95. The second kappa shape index (κ2) is 10.9. The Bertz CT molecular complexity index is 1250. The molecule has 3 aliphatic rings. The highest BCUT2D eigenvalue weighted by Gasteiger charge is 2.52. The van der Waals surface area contributed by atoms with Crippen LogP contribution in [-0.2, 0) is 17.6 Å². The summed E-state index contributed by atoms with van der Waals surface area (Å²) in [6.07, 6.45) is -1.18. The van der Waals surface area contributed by atoms with Crippen molar-refractivity contribution in [1.29, 1.82) is 0 Å². The number of amides is 2. The zero-order valence-corrected chi connectivity index (χ0v) is 23.1. The number of likely N-dealkylation sites (tertiary alicyclic amines) is 1. The first-order valence-electron chi connectivity index (χ1n) is 13.8. The van der Waals surface area contributed by atoms with Crippen molar-refractivity contribution < 1.29 is 31.5 Å². The van der Waals surface area contributed by atoms with E-state index in [2.05, 4.69) is 4.90 Å². The molecule has 3 saturated heterocycles. The van der Waals surface area contributed by atoms with Crippen molar-refractivity contribution in [2.24, 2.45) is 0 Å². The lowest BCUT2D eigenvalue weighted by Crippen LogP contribution is -2.59. The van der Waals surface area contributed by atoms with Crippen LogP contribution in [0, 0.1) is 12.7 Å². The minimum absolute atomic E-state index is 0.0847. The highest BCUT2D eigenvalue weighted by Crippen LogP contribution is 2.49. The highest BCUT2D eigenvalue weighted by molar-refractivity contribution is 5.75. The van der Waals surface area contributed by atoms with Crippen molar-refractivity contribution in [2.75, 3.05) is 33.4 Å². The monoisotopic (exact) mass is 565 g/mol. The molecular formula is C30H36F5N3O2. The SMILES string of the molecule is Cc1cc(F)ccc1[C@H]1C[C@]2(CC[C@H]3COCCN32)CCN1C(=O)N(C)[C@H](C)c1cc(CF)cc(C(F)(F)F)c1. The molecule has 0 bridgehead atoms. The van der Waals surface area contributed by atoms with E-state index >= 15 is 0 Å². The Labute approximate surface area is 231 Å². The largest absolute Gasteiger partial charge is 0.416 e. The lowest BCUT2D eigenvalue weighted by atomic mass is 9.78. The fourth-order valence-electron chi connectivity index (χ4n) is 6.95. The second-order valence-corrected chi connectivity index (χ2v) is 11.5. The van der Waals surface area contributed by atoms with Gasteiger partial charge in [-0.2, -0.15) is 13.2 Å². The molecule has 0 saturated carbocycles. The molecule has 3 aliphatic heterocycles. The smallest absolute Gasteiger partial charge is 0.378 e. The molecule has 5 nitrogen and oxygen atoms in total. The van der Waals surface area contributed by atoms with Crippen LogP contribution in [0.3, 0.4) is 0 Å². The van der Waals surface area contributed by atoms with Gasteiger partial charge in [-0.05, 0) is 86.1 Å². The summed E-state index contributed by atoms with van der Waals surface area (Å²) in [6, 6.07) is 6.74. The average Bonchev–Trinajstić information content (AvgIpc) is 3.28. The number of hydrogen-bond acceptors (Lipinski definition) is 3. The Kier molecular flexibility index (Phi) is 7.87. The van der Waals surface area contributed by atoms with Gasteiger partial charge in [0.1, 0.15) is 12.5 Å². The number of rotatable bonds is 4. The van der Waals surface area contributed by atoms with Crippen molar-refractivity contribution >= 4 is 6.03 Å². The number of morpholine rings is 1. The molecule has 0 aromatic heterocycles. The molecule has 0 radical (unpaired) electrons. The molecule has 4 atom stereocenters. The van der Waals surface area contributed by atoms with Crippen molar-refractivity contribution in [3.63, 3.8) is 0 Å². The van der Waals surface area contributed by atoms with Gasteiger partial charge in [0.2, 0.25) is 0 Å². The maximum atomic E-state index is 14.1. The van der Waals surface area contributed by atoms with Gasteiger partial charge in [-0.1, -0.05) is 12.1 Å². The van der Waals surface area contributed by atoms with E-state index in [1.54, 1.807) is 24.9 Å². The summed E-state index contributed by atoms with van der Waals surface area (Å²) in [5.41, 5.74) is 0.707. The summed E-state index contributed by atoms with van der Waals surface area (Å²) >= 11 is 0. The third kappa shape index (κ3) is 5.32. The summed E-state index contributed by atoms with van der Waals surface area (Å²) in [7, 11) is 1.56. The van der Waals surface area contributed by atoms with E-state index in [9.17, 15) is 26.7 Å². The number of hydrogen-bond donors (Lipinski definition) is 0. The van der Waals surface area contributed by atoms with Crippen LogP contribution in [0.5, 0.6) is 0 Å². The van der Waals surface area contributed by atoms with Gasteiger partial charge in [0.15, 0.2) is 0 Å². The minimum Gasteiger partial charge on any atom is -0.378 e. The number of ether oxygens (including phenoxy) is 1. The van der Waals surface area contributed by atoms with Gasteiger partial charge in [0.25, 0.3) is 0 Å². The number of alkyl halides is 4. The maximum absolute atomic E-state index is 14.1. The zero-order chi connectivity index (χ0) is 28.8. The highest BCUT2D eigenvalue weighted by atomic mass is 19.4. The summed E-state index contributed by atoms with van der Waals surface area (Å²) < 4.78 is 73.8. The van der Waals surface area contributed by atoms with Gasteiger partial charge < -0.3 is 14.5 Å². The van der Waals surface area contributed by atoms with Crippen molar-refractivity contribution in [3.8, 4) is 0 Å². The third-order valence-electron chi connectivity index (χ3n) is 9.25. The molecule has 218 valence electrons. The number of nitrogens with zero attached hydrogens (tertiary/aromatic N) is 3. The molecule has 5 rings (SSSR count). The Hall–Kier alpha value is -2.72. The number of fused-ring (bicyclic) bond motifs is 2. The Morgan fingerprint density at radius 3 is 2.65 bits per heavy atom. The number of benzene rings is 2. The van der Waals surface area contributed by atoms with Crippen LogP contribution in [0.15, 0.2) is 36.4 Å². The van der Waals surface area contributed by atoms with Crippen LogP contribution in [0.4, 0.5) is 26.7 Å². The van der Waals surface area contributed by atoms with E-state index in [1.165, 1.54) is 23.1 Å². The van der Waals surface area contributed by atoms with Gasteiger partial charge in [-0.15, -0.1) is 0 Å². The number of halogens is 5. The van der Waals surface area contributed by atoms with Crippen LogP contribution < -0.4 is 0 Å². The van der Waals surface area contributed by atoms with E-state index in [-0.39, 0.29) is 34.6 Å².